The summed E-state index contributed by atoms with van der Waals surface area (Å²) in [4.78, 5) is 0. The third-order valence-electron chi connectivity index (χ3n) is 9.18. The lowest BCUT2D eigenvalue weighted by Crippen LogP contribution is -2.33. The first-order valence-corrected chi connectivity index (χ1v) is 16.3. The number of nitrogens with two attached hydrogens (primary N) is 2. The molecule has 0 aliphatic heterocycles. The van der Waals surface area contributed by atoms with Gasteiger partial charge in [-0.2, -0.15) is 0 Å². The molecule has 4 heteroatoms. The number of rotatable bonds is 14. The average molecular weight is 577 g/mol. The fourth-order valence-corrected chi connectivity index (χ4v) is 6.71. The second kappa shape index (κ2) is 15.0. The minimum absolute atomic E-state index is 0.0257. The van der Waals surface area contributed by atoms with Gasteiger partial charge in [-0.25, -0.2) is 0 Å². The van der Waals surface area contributed by atoms with Gasteiger partial charge in [0.2, 0.25) is 0 Å². The highest BCUT2D eigenvalue weighted by Crippen LogP contribution is 2.48. The van der Waals surface area contributed by atoms with Crippen LogP contribution in [0.4, 0.5) is 11.4 Å². The molecule has 1 saturated carbocycles. The smallest absolute Gasteiger partial charge is 0.129 e. The summed E-state index contributed by atoms with van der Waals surface area (Å²) in [6, 6.07) is 32.6. The number of hydrogen-bond donors (Lipinski definition) is 2. The first kappa shape index (κ1) is 30.5. The molecule has 1 aliphatic carbocycles. The monoisotopic (exact) mass is 576 g/mol. The molecule has 1 aliphatic rings. The van der Waals surface area contributed by atoms with Crippen molar-refractivity contribution in [3.05, 3.63) is 108 Å². The third kappa shape index (κ3) is 8.34. The van der Waals surface area contributed by atoms with Crippen molar-refractivity contribution in [1.82, 2.24) is 0 Å². The molecule has 226 valence electrons. The Bertz CT molecular complexity index is 1310. The van der Waals surface area contributed by atoms with Crippen LogP contribution >= 0.6 is 0 Å². The van der Waals surface area contributed by atoms with Crippen LogP contribution in [0.1, 0.15) is 95.1 Å². The average Bonchev–Trinajstić information content (AvgIpc) is 3.02. The van der Waals surface area contributed by atoms with Gasteiger partial charge in [0.25, 0.3) is 0 Å². The van der Waals surface area contributed by atoms with Crippen LogP contribution in [0.15, 0.2) is 97.1 Å². The molecule has 4 aromatic rings. The van der Waals surface area contributed by atoms with E-state index in [0.29, 0.717) is 11.4 Å². The van der Waals surface area contributed by atoms with Crippen molar-refractivity contribution in [1.29, 1.82) is 0 Å². The zero-order chi connectivity index (χ0) is 29.9. The molecule has 0 amide bonds. The summed E-state index contributed by atoms with van der Waals surface area (Å²) in [5, 5.41) is 0. The Morgan fingerprint density at radius 1 is 0.581 bits per heavy atom. The maximum atomic E-state index is 6.12. The van der Waals surface area contributed by atoms with Crippen LogP contribution in [0.3, 0.4) is 0 Å². The Morgan fingerprint density at radius 3 is 1.51 bits per heavy atom. The van der Waals surface area contributed by atoms with Gasteiger partial charge in [0.1, 0.15) is 23.0 Å². The molecule has 0 aromatic heterocycles. The number of ether oxygens (including phenoxy) is 2. The van der Waals surface area contributed by atoms with Crippen LogP contribution in [0.25, 0.3) is 0 Å². The van der Waals surface area contributed by atoms with Crippen LogP contribution in [0, 0.1) is 5.92 Å². The molecule has 0 radical (unpaired) electrons. The Labute approximate surface area is 258 Å². The van der Waals surface area contributed by atoms with E-state index >= 15 is 0 Å². The normalized spacial score (nSPS) is 14.8. The summed E-state index contributed by atoms with van der Waals surface area (Å²) in [6.07, 6.45) is 15.8. The maximum Gasteiger partial charge on any atom is 0.129 e. The molecule has 0 heterocycles. The van der Waals surface area contributed by atoms with Crippen LogP contribution in [0.2, 0.25) is 0 Å². The van der Waals surface area contributed by atoms with Gasteiger partial charge in [0.05, 0.1) is 0 Å². The minimum atomic E-state index is -0.0257. The van der Waals surface area contributed by atoms with Gasteiger partial charge in [-0.1, -0.05) is 94.7 Å². The molecule has 0 atom stereocenters. The van der Waals surface area contributed by atoms with Crippen molar-refractivity contribution >= 4 is 11.4 Å². The largest absolute Gasteiger partial charge is 0.457 e. The van der Waals surface area contributed by atoms with Gasteiger partial charge < -0.3 is 20.9 Å². The highest BCUT2D eigenvalue weighted by molar-refractivity contribution is 5.48. The van der Waals surface area contributed by atoms with Gasteiger partial charge in [-0.15, -0.1) is 0 Å². The Morgan fingerprint density at radius 2 is 1.05 bits per heavy atom. The van der Waals surface area contributed by atoms with Gasteiger partial charge >= 0.3 is 0 Å². The highest BCUT2D eigenvalue weighted by atomic mass is 16.5. The van der Waals surface area contributed by atoms with E-state index in [1.807, 2.05) is 48.5 Å². The quantitative estimate of drug-likeness (QED) is 0.116. The van der Waals surface area contributed by atoms with Crippen LogP contribution in [-0.4, -0.2) is 0 Å². The molecule has 43 heavy (non-hydrogen) atoms. The van der Waals surface area contributed by atoms with Crippen molar-refractivity contribution < 1.29 is 9.47 Å². The first-order valence-electron chi connectivity index (χ1n) is 16.3. The van der Waals surface area contributed by atoms with Gasteiger partial charge in [0.15, 0.2) is 0 Å². The molecule has 4 aromatic carbocycles. The molecule has 0 unspecified atom stereocenters. The topological polar surface area (TPSA) is 70.5 Å². The molecular weight excluding hydrogens is 528 g/mol. The predicted molar refractivity (Wildman–Crippen MR) is 180 cm³/mol. The minimum Gasteiger partial charge on any atom is -0.457 e. The molecule has 0 saturated heterocycles. The van der Waals surface area contributed by atoms with E-state index in [1.165, 1.54) is 75.3 Å². The van der Waals surface area contributed by atoms with E-state index in [4.69, 9.17) is 20.9 Å². The molecule has 4 N–H and O–H groups in total. The van der Waals surface area contributed by atoms with Crippen molar-refractivity contribution in [3.63, 3.8) is 0 Å². The lowest BCUT2D eigenvalue weighted by atomic mass is 9.62. The molecule has 0 bridgehead atoms. The zero-order valence-electron chi connectivity index (χ0n) is 25.8. The SMILES string of the molecule is CCCCCCCCCC1CCC(c2ccc(Oc3cccc(N)c3)cc2)(c2ccc(Oc3cccc(N)c3)cc2)CC1. The summed E-state index contributed by atoms with van der Waals surface area (Å²) < 4.78 is 12.2. The third-order valence-corrected chi connectivity index (χ3v) is 9.18. The van der Waals surface area contributed by atoms with Gasteiger partial charge in [-0.05, 0) is 91.3 Å². The Hall–Kier alpha value is -3.92. The van der Waals surface area contributed by atoms with E-state index in [-0.39, 0.29) is 5.41 Å². The Kier molecular flexibility index (Phi) is 10.7. The van der Waals surface area contributed by atoms with E-state index < -0.39 is 0 Å². The summed E-state index contributed by atoms with van der Waals surface area (Å²) >= 11 is 0. The highest BCUT2D eigenvalue weighted by Gasteiger charge is 2.38. The van der Waals surface area contributed by atoms with Crippen molar-refractivity contribution in [2.75, 3.05) is 11.5 Å². The predicted octanol–water partition coefficient (Wildman–Crippen LogP) is 11.1. The van der Waals surface area contributed by atoms with Crippen LogP contribution in [-0.2, 0) is 5.41 Å². The van der Waals surface area contributed by atoms with Crippen molar-refractivity contribution in [3.8, 4) is 23.0 Å². The lowest BCUT2D eigenvalue weighted by molar-refractivity contribution is 0.250. The number of benzene rings is 4. The van der Waals surface area contributed by atoms with Crippen LogP contribution < -0.4 is 20.9 Å². The lowest BCUT2D eigenvalue weighted by Gasteiger charge is -2.41. The second-order valence-electron chi connectivity index (χ2n) is 12.3. The molecule has 0 spiro atoms. The van der Waals surface area contributed by atoms with Gasteiger partial charge in [-0.3, -0.25) is 0 Å². The maximum absolute atomic E-state index is 6.12. The molecular formula is C39H48N2O2. The molecule has 4 nitrogen and oxygen atoms in total. The fraction of sp³-hybridized carbons (Fsp3) is 0.385. The summed E-state index contributed by atoms with van der Waals surface area (Å²) in [7, 11) is 0. The fourth-order valence-electron chi connectivity index (χ4n) is 6.71. The number of hydrogen-bond acceptors (Lipinski definition) is 4. The van der Waals surface area contributed by atoms with E-state index in [1.54, 1.807) is 0 Å². The Balaban J connectivity index is 1.29. The summed E-state index contributed by atoms with van der Waals surface area (Å²) in [5.41, 5.74) is 16.0. The number of nitrogen functional groups attached to an aromatic ring is 2. The van der Waals surface area contributed by atoms with E-state index in [0.717, 1.165) is 41.8 Å². The van der Waals surface area contributed by atoms with E-state index in [9.17, 15) is 0 Å². The van der Waals surface area contributed by atoms with Crippen LogP contribution in [0.5, 0.6) is 23.0 Å². The number of unbranched alkanes of at least 4 members (excludes halogenated alkanes) is 6. The second-order valence-corrected chi connectivity index (χ2v) is 12.3. The zero-order valence-corrected chi connectivity index (χ0v) is 25.8. The van der Waals surface area contributed by atoms with E-state index in [2.05, 4.69) is 55.5 Å². The molecule has 5 rings (SSSR count). The first-order chi connectivity index (χ1) is 21.0. The summed E-state index contributed by atoms with van der Waals surface area (Å²) in [5.74, 6) is 3.97. The number of anilines is 2. The summed E-state index contributed by atoms with van der Waals surface area (Å²) in [6.45, 7) is 2.29. The molecule has 1 fully saturated rings. The van der Waals surface area contributed by atoms with Gasteiger partial charge in [0, 0.05) is 28.9 Å². The van der Waals surface area contributed by atoms with Crippen molar-refractivity contribution in [2.45, 2.75) is 89.4 Å². The standard InChI is InChI=1S/C39H48N2O2/c1-2-3-4-5-6-7-8-11-30-24-26-39(27-25-30,31-16-20-35(21-17-31)42-37-14-9-12-33(40)28-37)32-18-22-36(23-19-32)43-38-15-10-13-34(41)29-38/h9-10,12-23,28-30H,2-8,11,24-27,40-41H2,1H3. The van der Waals surface area contributed by atoms with Crippen molar-refractivity contribution in [2.24, 2.45) is 5.92 Å².